The highest BCUT2D eigenvalue weighted by Crippen LogP contribution is 2.19. The minimum atomic E-state index is -3.65. The molecule has 0 aromatic heterocycles. The van der Waals surface area contributed by atoms with Crippen molar-refractivity contribution in [3.63, 3.8) is 0 Å². The SMILES string of the molecule is N#Cc1ccc(CS(=O)(=O)CC(=O)NC(Cc2ccccc2)c2ccccc2)cc1. The topological polar surface area (TPSA) is 87.0 Å². The van der Waals surface area contributed by atoms with Crippen molar-refractivity contribution in [3.05, 3.63) is 107 Å². The van der Waals surface area contributed by atoms with Gasteiger partial charge >= 0.3 is 0 Å². The van der Waals surface area contributed by atoms with E-state index in [0.717, 1.165) is 11.1 Å². The largest absolute Gasteiger partial charge is 0.348 e. The lowest BCUT2D eigenvalue weighted by atomic mass is 9.99. The zero-order chi connectivity index (χ0) is 21.4. The third-order valence-electron chi connectivity index (χ3n) is 4.64. The first kappa shape index (κ1) is 21.3. The molecule has 30 heavy (non-hydrogen) atoms. The molecule has 0 aliphatic heterocycles. The number of carbonyl (C=O) groups is 1. The lowest BCUT2D eigenvalue weighted by Gasteiger charge is -2.19. The smallest absolute Gasteiger partial charge is 0.235 e. The summed E-state index contributed by atoms with van der Waals surface area (Å²) in [5.74, 6) is -1.38. The first-order valence-electron chi connectivity index (χ1n) is 9.53. The fourth-order valence-electron chi connectivity index (χ4n) is 3.20. The first-order chi connectivity index (χ1) is 14.4. The number of amides is 1. The summed E-state index contributed by atoms with van der Waals surface area (Å²) in [6, 6.07) is 27.2. The van der Waals surface area contributed by atoms with Gasteiger partial charge in [-0.1, -0.05) is 72.8 Å². The van der Waals surface area contributed by atoms with Gasteiger partial charge in [0.2, 0.25) is 5.91 Å². The number of benzene rings is 3. The van der Waals surface area contributed by atoms with E-state index < -0.39 is 21.5 Å². The van der Waals surface area contributed by atoms with Crippen LogP contribution >= 0.6 is 0 Å². The molecule has 0 saturated heterocycles. The predicted molar refractivity (Wildman–Crippen MR) is 116 cm³/mol. The standard InChI is InChI=1S/C24H22N2O3S/c25-16-20-11-13-21(14-12-20)17-30(28,29)18-24(27)26-23(22-9-5-2-6-10-22)15-19-7-3-1-4-8-19/h1-14,23H,15,17-18H2,(H,26,27). The molecule has 1 amide bonds. The molecule has 1 unspecified atom stereocenters. The van der Waals surface area contributed by atoms with Gasteiger partial charge in [-0.25, -0.2) is 8.42 Å². The van der Waals surface area contributed by atoms with Crippen LogP contribution in [0.2, 0.25) is 0 Å². The quantitative estimate of drug-likeness (QED) is 0.606. The molecule has 0 aliphatic carbocycles. The Kier molecular flexibility index (Phi) is 6.99. The van der Waals surface area contributed by atoms with Crippen molar-refractivity contribution in [2.75, 3.05) is 5.75 Å². The van der Waals surface area contributed by atoms with Gasteiger partial charge in [-0.3, -0.25) is 4.79 Å². The predicted octanol–water partition coefficient (Wildman–Crippen LogP) is 3.57. The normalized spacial score (nSPS) is 12.0. The molecule has 0 spiro atoms. The molecule has 0 saturated carbocycles. The van der Waals surface area contributed by atoms with Crippen LogP contribution in [0.1, 0.15) is 28.3 Å². The molecule has 3 aromatic rings. The van der Waals surface area contributed by atoms with Gasteiger partial charge in [-0.2, -0.15) is 5.26 Å². The van der Waals surface area contributed by atoms with E-state index in [-0.39, 0.29) is 11.8 Å². The number of carbonyl (C=O) groups excluding carboxylic acids is 1. The molecule has 0 radical (unpaired) electrons. The second-order valence-electron chi connectivity index (χ2n) is 7.06. The van der Waals surface area contributed by atoms with E-state index in [9.17, 15) is 13.2 Å². The van der Waals surface area contributed by atoms with Crippen molar-refractivity contribution < 1.29 is 13.2 Å². The van der Waals surface area contributed by atoms with Gasteiger partial charge in [0.05, 0.1) is 23.4 Å². The van der Waals surface area contributed by atoms with Gasteiger partial charge in [-0.15, -0.1) is 0 Å². The van der Waals surface area contributed by atoms with Crippen LogP contribution in [0.25, 0.3) is 0 Å². The third kappa shape index (κ3) is 6.29. The number of hydrogen-bond donors (Lipinski definition) is 1. The van der Waals surface area contributed by atoms with Crippen LogP contribution in [0.5, 0.6) is 0 Å². The number of rotatable bonds is 8. The van der Waals surface area contributed by atoms with E-state index in [4.69, 9.17) is 5.26 Å². The Morgan fingerprint density at radius 2 is 1.47 bits per heavy atom. The Bertz CT molecular complexity index is 1120. The molecule has 6 heteroatoms. The van der Waals surface area contributed by atoms with Gasteiger partial charge < -0.3 is 5.32 Å². The van der Waals surface area contributed by atoms with Gasteiger partial charge in [0.25, 0.3) is 0 Å². The lowest BCUT2D eigenvalue weighted by molar-refractivity contribution is -0.119. The van der Waals surface area contributed by atoms with Crippen molar-refractivity contribution in [1.82, 2.24) is 5.32 Å². The molecular weight excluding hydrogens is 396 g/mol. The van der Waals surface area contributed by atoms with E-state index in [2.05, 4.69) is 5.32 Å². The van der Waals surface area contributed by atoms with Crippen LogP contribution in [0, 0.1) is 11.3 Å². The van der Waals surface area contributed by atoms with Crippen molar-refractivity contribution in [2.24, 2.45) is 0 Å². The Balaban J connectivity index is 1.69. The first-order valence-corrected chi connectivity index (χ1v) is 11.3. The van der Waals surface area contributed by atoms with Gasteiger partial charge in [0.15, 0.2) is 9.84 Å². The highest BCUT2D eigenvalue weighted by molar-refractivity contribution is 7.91. The number of nitrogens with zero attached hydrogens (tertiary/aromatic N) is 1. The van der Waals surface area contributed by atoms with Crippen molar-refractivity contribution >= 4 is 15.7 Å². The Labute approximate surface area is 176 Å². The summed E-state index contributed by atoms with van der Waals surface area (Å²) in [4.78, 5) is 12.6. The average molecular weight is 419 g/mol. The van der Waals surface area contributed by atoms with Crippen LogP contribution in [0.4, 0.5) is 0 Å². The zero-order valence-electron chi connectivity index (χ0n) is 16.4. The van der Waals surface area contributed by atoms with Crippen molar-refractivity contribution in [3.8, 4) is 6.07 Å². The maximum atomic E-state index is 12.6. The van der Waals surface area contributed by atoms with Crippen molar-refractivity contribution in [1.29, 1.82) is 5.26 Å². The highest BCUT2D eigenvalue weighted by atomic mass is 32.2. The molecule has 3 aromatic carbocycles. The molecule has 0 fully saturated rings. The fourth-order valence-corrected chi connectivity index (χ4v) is 4.49. The maximum absolute atomic E-state index is 12.6. The number of nitriles is 1. The lowest BCUT2D eigenvalue weighted by Crippen LogP contribution is -2.35. The molecule has 1 atom stereocenters. The second kappa shape index (κ2) is 9.86. The van der Waals surface area contributed by atoms with E-state index in [0.29, 0.717) is 17.5 Å². The monoisotopic (exact) mass is 418 g/mol. The molecular formula is C24H22N2O3S. The van der Waals surface area contributed by atoms with Crippen LogP contribution in [-0.4, -0.2) is 20.1 Å². The van der Waals surface area contributed by atoms with E-state index in [1.54, 1.807) is 24.3 Å². The number of sulfone groups is 1. The zero-order valence-corrected chi connectivity index (χ0v) is 17.2. The number of hydrogen-bond acceptors (Lipinski definition) is 4. The Morgan fingerprint density at radius 3 is 2.07 bits per heavy atom. The van der Waals surface area contributed by atoms with E-state index in [1.165, 1.54) is 0 Å². The fraction of sp³-hybridized carbons (Fsp3) is 0.167. The summed E-state index contributed by atoms with van der Waals surface area (Å²) >= 11 is 0. The average Bonchev–Trinajstić information content (AvgIpc) is 2.74. The van der Waals surface area contributed by atoms with Gasteiger partial charge in [0, 0.05) is 0 Å². The van der Waals surface area contributed by atoms with Gasteiger partial charge in [0.1, 0.15) is 5.75 Å². The van der Waals surface area contributed by atoms with Crippen LogP contribution < -0.4 is 5.32 Å². The van der Waals surface area contributed by atoms with Crippen LogP contribution in [-0.2, 0) is 26.8 Å². The second-order valence-corrected chi connectivity index (χ2v) is 9.13. The Hall–Kier alpha value is -3.43. The van der Waals surface area contributed by atoms with E-state index >= 15 is 0 Å². The van der Waals surface area contributed by atoms with Crippen molar-refractivity contribution in [2.45, 2.75) is 18.2 Å². The van der Waals surface area contributed by atoms with Crippen LogP contribution in [0.3, 0.4) is 0 Å². The minimum Gasteiger partial charge on any atom is -0.348 e. The minimum absolute atomic E-state index is 0.249. The molecule has 1 N–H and O–H groups in total. The summed E-state index contributed by atoms with van der Waals surface area (Å²) < 4.78 is 25.0. The molecule has 0 bridgehead atoms. The highest BCUT2D eigenvalue weighted by Gasteiger charge is 2.21. The third-order valence-corrected chi connectivity index (χ3v) is 6.12. The Morgan fingerprint density at radius 1 is 0.867 bits per heavy atom. The summed E-state index contributed by atoms with van der Waals surface area (Å²) in [7, 11) is -3.65. The van der Waals surface area contributed by atoms with Crippen LogP contribution in [0.15, 0.2) is 84.9 Å². The molecule has 5 nitrogen and oxygen atoms in total. The summed E-state index contributed by atoms with van der Waals surface area (Å²) in [6.45, 7) is 0. The van der Waals surface area contributed by atoms with Gasteiger partial charge in [-0.05, 0) is 35.2 Å². The van der Waals surface area contributed by atoms with E-state index in [1.807, 2.05) is 66.7 Å². The molecule has 0 aliphatic rings. The maximum Gasteiger partial charge on any atom is 0.235 e. The summed E-state index contributed by atoms with van der Waals surface area (Å²) in [5.41, 5.74) is 2.97. The summed E-state index contributed by atoms with van der Waals surface area (Å²) in [5, 5.41) is 11.7. The molecule has 152 valence electrons. The summed E-state index contributed by atoms with van der Waals surface area (Å²) in [6.07, 6.45) is 0.562. The molecule has 3 rings (SSSR count). The molecule has 0 heterocycles. The number of nitrogens with one attached hydrogen (secondary N) is 1.